The van der Waals surface area contributed by atoms with Crippen LogP contribution in [0.4, 0.5) is 18.9 Å². The number of alkyl halides is 3. The van der Waals surface area contributed by atoms with Gasteiger partial charge in [-0.2, -0.15) is 18.3 Å². The molecule has 0 saturated carbocycles. The molecule has 0 atom stereocenters. The molecule has 3 aromatic rings. The summed E-state index contributed by atoms with van der Waals surface area (Å²) >= 11 is 9.62. The topological polar surface area (TPSA) is 89.0 Å². The molecule has 0 unspecified atom stereocenters. The molecular weight excluding hydrogens is 591 g/mol. The van der Waals surface area contributed by atoms with Gasteiger partial charge in [0.15, 0.2) is 11.5 Å². The smallest absolute Gasteiger partial charge is 0.416 e. The third kappa shape index (κ3) is 8.49. The molecular formula is C26H22BrClF3N3O4. The van der Waals surface area contributed by atoms with Crippen molar-refractivity contribution >= 4 is 51.2 Å². The van der Waals surface area contributed by atoms with Gasteiger partial charge in [-0.25, -0.2) is 5.43 Å². The van der Waals surface area contributed by atoms with Gasteiger partial charge in [-0.3, -0.25) is 9.59 Å². The minimum Gasteiger partial charge on any atom is -0.493 e. The molecule has 0 fully saturated rings. The number of benzene rings is 3. The van der Waals surface area contributed by atoms with Crippen LogP contribution < -0.4 is 20.2 Å². The fourth-order valence-electron chi connectivity index (χ4n) is 3.18. The lowest BCUT2D eigenvalue weighted by Gasteiger charge is -2.14. The lowest BCUT2D eigenvalue weighted by atomic mass is 10.2. The zero-order chi connectivity index (χ0) is 27.7. The first-order valence-electron chi connectivity index (χ1n) is 11.1. The summed E-state index contributed by atoms with van der Waals surface area (Å²) in [6.07, 6.45) is -3.60. The number of hydrogen-bond donors (Lipinski definition) is 2. The first kappa shape index (κ1) is 29.0. The molecule has 0 saturated heterocycles. The van der Waals surface area contributed by atoms with E-state index in [9.17, 15) is 22.8 Å². The van der Waals surface area contributed by atoms with E-state index in [2.05, 4.69) is 31.8 Å². The summed E-state index contributed by atoms with van der Waals surface area (Å²) in [7, 11) is 1.48. The molecule has 38 heavy (non-hydrogen) atoms. The monoisotopic (exact) mass is 611 g/mol. The van der Waals surface area contributed by atoms with E-state index in [1.807, 2.05) is 18.2 Å². The van der Waals surface area contributed by atoms with Gasteiger partial charge >= 0.3 is 6.18 Å². The van der Waals surface area contributed by atoms with E-state index in [-0.39, 0.29) is 25.1 Å². The number of methoxy groups -OCH3 is 1. The number of carbonyl (C=O) groups excluding carboxylic acids is 2. The number of nitrogens with zero attached hydrogens (tertiary/aromatic N) is 1. The van der Waals surface area contributed by atoms with Crippen LogP contribution in [-0.4, -0.2) is 25.1 Å². The average Bonchev–Trinajstić information content (AvgIpc) is 2.87. The van der Waals surface area contributed by atoms with Gasteiger partial charge in [-0.1, -0.05) is 35.9 Å². The molecule has 200 valence electrons. The highest BCUT2D eigenvalue weighted by Gasteiger charge is 2.30. The van der Waals surface area contributed by atoms with Gasteiger partial charge in [0.2, 0.25) is 11.8 Å². The minimum absolute atomic E-state index is 0.0120. The molecule has 0 aromatic heterocycles. The fraction of sp³-hybridized carbons (Fsp3) is 0.192. The largest absolute Gasteiger partial charge is 0.493 e. The van der Waals surface area contributed by atoms with Crippen LogP contribution in [0.1, 0.15) is 29.5 Å². The Kier molecular flexibility index (Phi) is 10.1. The maximum atomic E-state index is 12.8. The molecule has 12 heteroatoms. The molecule has 2 N–H and O–H groups in total. The Morgan fingerprint density at radius 1 is 1.05 bits per heavy atom. The maximum absolute atomic E-state index is 12.8. The third-order valence-electron chi connectivity index (χ3n) is 5.04. The van der Waals surface area contributed by atoms with Gasteiger partial charge < -0.3 is 14.8 Å². The summed E-state index contributed by atoms with van der Waals surface area (Å²) in [6.45, 7) is 0.222. The summed E-state index contributed by atoms with van der Waals surface area (Å²) < 4.78 is 50.3. The number of anilines is 1. The standard InChI is InChI=1S/C26H22BrClF3N3O4/c1-37-22-12-16(11-20(27)25(22)38-15-17-5-2-3-8-21(17)28)14-32-34-24(36)10-9-23(35)33-19-7-4-6-18(13-19)26(29,30)31/h2-8,11-14H,9-10,15H2,1H3,(H,33,35)(H,34,36). The van der Waals surface area contributed by atoms with Crippen molar-refractivity contribution < 1.29 is 32.2 Å². The van der Waals surface area contributed by atoms with Gasteiger partial charge in [0, 0.05) is 29.1 Å². The van der Waals surface area contributed by atoms with Crippen molar-refractivity contribution in [1.82, 2.24) is 5.43 Å². The quantitative estimate of drug-likeness (QED) is 0.200. The highest BCUT2D eigenvalue weighted by Crippen LogP contribution is 2.37. The van der Waals surface area contributed by atoms with Crippen LogP contribution in [0.2, 0.25) is 5.02 Å². The lowest BCUT2D eigenvalue weighted by Crippen LogP contribution is -2.20. The molecule has 0 radical (unpaired) electrons. The summed E-state index contributed by atoms with van der Waals surface area (Å²) in [5.74, 6) is -0.276. The number of hydrogen-bond acceptors (Lipinski definition) is 5. The Balaban J connectivity index is 1.52. The van der Waals surface area contributed by atoms with Gasteiger partial charge in [0.25, 0.3) is 0 Å². The van der Waals surface area contributed by atoms with E-state index < -0.39 is 23.6 Å². The molecule has 7 nitrogen and oxygen atoms in total. The Hall–Kier alpha value is -3.57. The number of nitrogens with one attached hydrogen (secondary N) is 2. The third-order valence-corrected chi connectivity index (χ3v) is 6.00. The molecule has 3 rings (SSSR count). The first-order valence-corrected chi connectivity index (χ1v) is 12.3. The molecule has 3 aromatic carbocycles. The Morgan fingerprint density at radius 3 is 2.50 bits per heavy atom. The van der Waals surface area contributed by atoms with Crippen molar-refractivity contribution in [3.8, 4) is 11.5 Å². The number of ether oxygens (including phenoxy) is 2. The van der Waals surface area contributed by atoms with Crippen LogP contribution in [-0.2, 0) is 22.4 Å². The molecule has 0 spiro atoms. The number of carbonyl (C=O) groups is 2. The van der Waals surface area contributed by atoms with Crippen LogP contribution in [0.5, 0.6) is 11.5 Å². The van der Waals surface area contributed by atoms with Crippen molar-refractivity contribution in [2.24, 2.45) is 5.10 Å². The summed E-state index contributed by atoms with van der Waals surface area (Å²) in [5, 5.41) is 6.80. The van der Waals surface area contributed by atoms with Gasteiger partial charge in [0.1, 0.15) is 6.61 Å². The Morgan fingerprint density at radius 2 is 1.79 bits per heavy atom. The highest BCUT2D eigenvalue weighted by atomic mass is 79.9. The maximum Gasteiger partial charge on any atom is 0.416 e. The van der Waals surface area contributed by atoms with Crippen LogP contribution in [0.25, 0.3) is 0 Å². The molecule has 0 bridgehead atoms. The second-order valence-corrected chi connectivity index (χ2v) is 9.10. The van der Waals surface area contributed by atoms with Gasteiger partial charge in [0.05, 0.1) is 23.4 Å². The van der Waals surface area contributed by atoms with E-state index in [4.69, 9.17) is 21.1 Å². The Labute approximate surface area is 230 Å². The van der Waals surface area contributed by atoms with Crippen LogP contribution in [0.15, 0.2) is 70.2 Å². The predicted molar refractivity (Wildman–Crippen MR) is 142 cm³/mol. The first-order chi connectivity index (χ1) is 18.1. The van der Waals surface area contributed by atoms with Crippen LogP contribution in [0.3, 0.4) is 0 Å². The number of amides is 2. The molecule has 0 aliphatic carbocycles. The van der Waals surface area contributed by atoms with Gasteiger partial charge in [-0.05, 0) is 57.9 Å². The molecule has 2 amide bonds. The van der Waals surface area contributed by atoms with Crippen molar-refractivity contribution in [3.05, 3.63) is 86.8 Å². The van der Waals surface area contributed by atoms with E-state index in [0.717, 1.165) is 17.7 Å². The molecule has 0 aliphatic heterocycles. The minimum atomic E-state index is -4.53. The predicted octanol–water partition coefficient (Wildman–Crippen LogP) is 6.58. The van der Waals surface area contributed by atoms with Gasteiger partial charge in [-0.15, -0.1) is 0 Å². The second kappa shape index (κ2) is 13.3. The summed E-state index contributed by atoms with van der Waals surface area (Å²) in [4.78, 5) is 24.1. The van der Waals surface area contributed by atoms with Crippen molar-refractivity contribution in [2.75, 3.05) is 12.4 Å². The normalized spacial score (nSPS) is 11.3. The molecule has 0 heterocycles. The lowest BCUT2D eigenvalue weighted by molar-refractivity contribution is -0.137. The van der Waals surface area contributed by atoms with Crippen molar-refractivity contribution in [3.63, 3.8) is 0 Å². The number of hydrazone groups is 1. The second-order valence-electron chi connectivity index (χ2n) is 7.83. The number of halogens is 5. The van der Waals surface area contributed by atoms with E-state index >= 15 is 0 Å². The van der Waals surface area contributed by atoms with E-state index in [1.165, 1.54) is 25.5 Å². The molecule has 0 aliphatic rings. The summed E-state index contributed by atoms with van der Waals surface area (Å²) in [6, 6.07) is 14.9. The zero-order valence-electron chi connectivity index (χ0n) is 19.9. The zero-order valence-corrected chi connectivity index (χ0v) is 22.3. The van der Waals surface area contributed by atoms with Crippen LogP contribution in [0, 0.1) is 0 Å². The van der Waals surface area contributed by atoms with Crippen LogP contribution >= 0.6 is 27.5 Å². The average molecular weight is 613 g/mol. The SMILES string of the molecule is COc1cc(C=NNC(=O)CCC(=O)Nc2cccc(C(F)(F)F)c2)cc(Br)c1OCc1ccccc1Cl. The van der Waals surface area contributed by atoms with E-state index in [1.54, 1.807) is 18.2 Å². The van der Waals surface area contributed by atoms with Crippen molar-refractivity contribution in [2.45, 2.75) is 25.6 Å². The Bertz CT molecular complexity index is 1340. The summed E-state index contributed by atoms with van der Waals surface area (Å²) in [5.41, 5.74) is 2.80. The highest BCUT2D eigenvalue weighted by molar-refractivity contribution is 9.10. The van der Waals surface area contributed by atoms with E-state index in [0.29, 0.717) is 26.6 Å². The fourth-order valence-corrected chi connectivity index (χ4v) is 3.94. The van der Waals surface area contributed by atoms with Crippen molar-refractivity contribution in [1.29, 1.82) is 0 Å². The number of rotatable bonds is 10.